The normalized spacial score (nSPS) is 11.8. The van der Waals surface area contributed by atoms with Gasteiger partial charge in [0, 0.05) is 34.4 Å². The second kappa shape index (κ2) is 11.0. The largest absolute Gasteiger partial charge is 0.357 e. The van der Waals surface area contributed by atoms with Crippen molar-refractivity contribution in [1.82, 2.24) is 10.2 Å². The van der Waals surface area contributed by atoms with Gasteiger partial charge in [0.1, 0.15) is 6.04 Å². The van der Waals surface area contributed by atoms with Gasteiger partial charge >= 0.3 is 0 Å². The Labute approximate surface area is 184 Å². The molecule has 2 aromatic rings. The van der Waals surface area contributed by atoms with E-state index in [9.17, 15) is 9.59 Å². The van der Waals surface area contributed by atoms with Crippen LogP contribution in [0, 0.1) is 0 Å². The lowest BCUT2D eigenvalue weighted by Crippen LogP contribution is -2.47. The number of likely N-dealkylation sites (N-methyl/N-ethyl adjacent to an activating group) is 1. The molecule has 4 nitrogen and oxygen atoms in total. The molecule has 150 valence electrons. The summed E-state index contributed by atoms with van der Waals surface area (Å²) in [5, 5.41) is 4.25. The zero-order valence-electron chi connectivity index (χ0n) is 15.5. The van der Waals surface area contributed by atoms with Crippen LogP contribution >= 0.6 is 46.6 Å². The number of carbonyl (C=O) groups excluding carboxylic acids is 2. The molecule has 1 atom stereocenters. The molecule has 0 fully saturated rings. The van der Waals surface area contributed by atoms with Gasteiger partial charge in [-0.25, -0.2) is 0 Å². The van der Waals surface area contributed by atoms with Crippen molar-refractivity contribution in [2.24, 2.45) is 0 Å². The van der Waals surface area contributed by atoms with Gasteiger partial charge in [0.2, 0.25) is 11.8 Å². The first kappa shape index (κ1) is 22.9. The summed E-state index contributed by atoms with van der Waals surface area (Å²) in [5.74, 6) is 0.546. The van der Waals surface area contributed by atoms with Gasteiger partial charge in [-0.05, 0) is 42.3 Å². The van der Waals surface area contributed by atoms with E-state index in [4.69, 9.17) is 34.8 Å². The van der Waals surface area contributed by atoms with Crippen LogP contribution in [0.2, 0.25) is 15.1 Å². The van der Waals surface area contributed by atoms with Gasteiger partial charge in [-0.3, -0.25) is 9.59 Å². The van der Waals surface area contributed by atoms with Crippen molar-refractivity contribution >= 4 is 58.4 Å². The number of halogens is 3. The standard InChI is InChI=1S/C20H21Cl3N2O2S/c1-13(20(27)24-2)25(10-15-5-8-17(22)9-18(15)23)19(26)12-28-11-14-3-6-16(21)7-4-14/h3-9,13H,10-12H2,1-2H3,(H,24,27)/t13-/m0/s1. The van der Waals surface area contributed by atoms with Crippen molar-refractivity contribution in [3.63, 3.8) is 0 Å². The summed E-state index contributed by atoms with van der Waals surface area (Å²) in [6, 6.07) is 12.0. The Morgan fingerprint density at radius 2 is 1.71 bits per heavy atom. The van der Waals surface area contributed by atoms with Crippen LogP contribution < -0.4 is 5.32 Å². The minimum absolute atomic E-state index is 0.138. The van der Waals surface area contributed by atoms with Crippen LogP contribution in [-0.2, 0) is 21.9 Å². The van der Waals surface area contributed by atoms with Crippen molar-refractivity contribution in [2.75, 3.05) is 12.8 Å². The average molecular weight is 460 g/mol. The van der Waals surface area contributed by atoms with Gasteiger partial charge in [-0.15, -0.1) is 11.8 Å². The Hall–Kier alpha value is -1.40. The highest BCUT2D eigenvalue weighted by Crippen LogP contribution is 2.24. The highest BCUT2D eigenvalue weighted by molar-refractivity contribution is 7.99. The van der Waals surface area contributed by atoms with Gasteiger partial charge in [0.25, 0.3) is 0 Å². The maximum Gasteiger partial charge on any atom is 0.242 e. The van der Waals surface area contributed by atoms with E-state index in [1.165, 1.54) is 16.7 Å². The quantitative estimate of drug-likeness (QED) is 0.601. The van der Waals surface area contributed by atoms with E-state index in [1.54, 1.807) is 32.2 Å². The summed E-state index contributed by atoms with van der Waals surface area (Å²) in [6.07, 6.45) is 0. The minimum atomic E-state index is -0.625. The van der Waals surface area contributed by atoms with Crippen LogP contribution in [0.5, 0.6) is 0 Å². The predicted molar refractivity (Wildman–Crippen MR) is 118 cm³/mol. The molecule has 0 bridgehead atoms. The molecule has 0 saturated heterocycles. The third-order valence-electron chi connectivity index (χ3n) is 4.18. The number of rotatable bonds is 8. The van der Waals surface area contributed by atoms with E-state index < -0.39 is 6.04 Å². The molecule has 2 aromatic carbocycles. The lowest BCUT2D eigenvalue weighted by molar-refractivity contribution is -0.138. The lowest BCUT2D eigenvalue weighted by Gasteiger charge is -2.28. The molecule has 0 spiro atoms. The summed E-state index contributed by atoms with van der Waals surface area (Å²) in [6.45, 7) is 1.93. The Bertz CT molecular complexity index is 831. The Kier molecular flexibility index (Phi) is 8.96. The van der Waals surface area contributed by atoms with Crippen LogP contribution in [0.3, 0.4) is 0 Å². The number of amides is 2. The van der Waals surface area contributed by atoms with Gasteiger partial charge in [-0.2, -0.15) is 0 Å². The van der Waals surface area contributed by atoms with Gasteiger partial charge in [0.05, 0.1) is 5.75 Å². The summed E-state index contributed by atoms with van der Waals surface area (Å²) in [5.41, 5.74) is 1.81. The maximum atomic E-state index is 12.9. The summed E-state index contributed by atoms with van der Waals surface area (Å²) in [7, 11) is 1.55. The second-order valence-corrected chi connectivity index (χ2v) is 8.43. The zero-order valence-corrected chi connectivity index (χ0v) is 18.6. The molecular formula is C20H21Cl3N2O2S. The summed E-state index contributed by atoms with van der Waals surface area (Å²) < 4.78 is 0. The van der Waals surface area contributed by atoms with E-state index in [1.807, 2.05) is 24.3 Å². The van der Waals surface area contributed by atoms with Crippen molar-refractivity contribution < 1.29 is 9.59 Å². The Morgan fingerprint density at radius 3 is 2.32 bits per heavy atom. The molecule has 2 amide bonds. The lowest BCUT2D eigenvalue weighted by atomic mass is 10.1. The minimum Gasteiger partial charge on any atom is -0.357 e. The number of nitrogens with one attached hydrogen (secondary N) is 1. The Balaban J connectivity index is 2.07. The summed E-state index contributed by atoms with van der Waals surface area (Å²) in [4.78, 5) is 26.5. The molecule has 28 heavy (non-hydrogen) atoms. The monoisotopic (exact) mass is 458 g/mol. The highest BCUT2D eigenvalue weighted by Gasteiger charge is 2.26. The van der Waals surface area contributed by atoms with Crippen LogP contribution in [0.1, 0.15) is 18.1 Å². The highest BCUT2D eigenvalue weighted by atomic mass is 35.5. The molecule has 1 N–H and O–H groups in total. The molecule has 2 rings (SSSR count). The number of thioether (sulfide) groups is 1. The molecule has 0 radical (unpaired) electrons. The SMILES string of the molecule is CNC(=O)[C@H](C)N(Cc1ccc(Cl)cc1Cl)C(=O)CSCc1ccc(Cl)cc1. The zero-order chi connectivity index (χ0) is 20.7. The van der Waals surface area contributed by atoms with Crippen molar-refractivity contribution in [2.45, 2.75) is 25.3 Å². The third-order valence-corrected chi connectivity index (χ3v) is 6.00. The van der Waals surface area contributed by atoms with Crippen LogP contribution in [0.4, 0.5) is 0 Å². The van der Waals surface area contributed by atoms with E-state index in [0.29, 0.717) is 20.8 Å². The maximum absolute atomic E-state index is 12.9. The molecule has 0 unspecified atom stereocenters. The smallest absolute Gasteiger partial charge is 0.242 e. The molecule has 0 heterocycles. The number of nitrogens with zero attached hydrogens (tertiary/aromatic N) is 1. The molecule has 0 aliphatic heterocycles. The van der Waals surface area contributed by atoms with Crippen LogP contribution in [0.25, 0.3) is 0 Å². The van der Waals surface area contributed by atoms with Crippen molar-refractivity contribution in [3.8, 4) is 0 Å². The van der Waals surface area contributed by atoms with E-state index >= 15 is 0 Å². The Morgan fingerprint density at radius 1 is 1.07 bits per heavy atom. The number of carbonyl (C=O) groups is 2. The number of benzene rings is 2. The molecule has 0 aliphatic rings. The second-order valence-electron chi connectivity index (χ2n) is 6.17. The van der Waals surface area contributed by atoms with Crippen LogP contribution in [0.15, 0.2) is 42.5 Å². The molecule has 0 aliphatic carbocycles. The first-order chi connectivity index (χ1) is 13.3. The molecule has 8 heteroatoms. The molecular weight excluding hydrogens is 439 g/mol. The van der Waals surface area contributed by atoms with Crippen LogP contribution in [-0.4, -0.2) is 35.6 Å². The fraction of sp³-hybridized carbons (Fsp3) is 0.300. The predicted octanol–water partition coefficient (Wildman–Crippen LogP) is 5.04. The number of hydrogen-bond donors (Lipinski definition) is 1. The average Bonchev–Trinajstić information content (AvgIpc) is 2.67. The van der Waals surface area contributed by atoms with Gasteiger partial charge in [0.15, 0.2) is 0 Å². The topological polar surface area (TPSA) is 49.4 Å². The first-order valence-electron chi connectivity index (χ1n) is 8.59. The van der Waals surface area contributed by atoms with Crippen molar-refractivity contribution in [1.29, 1.82) is 0 Å². The molecule has 0 aromatic heterocycles. The van der Waals surface area contributed by atoms with Gasteiger partial charge in [-0.1, -0.05) is 53.0 Å². The fourth-order valence-electron chi connectivity index (χ4n) is 2.54. The van der Waals surface area contributed by atoms with E-state index in [-0.39, 0.29) is 24.1 Å². The number of hydrogen-bond acceptors (Lipinski definition) is 3. The van der Waals surface area contributed by atoms with E-state index in [2.05, 4.69) is 5.32 Å². The fourth-order valence-corrected chi connectivity index (χ4v) is 4.01. The van der Waals surface area contributed by atoms with E-state index in [0.717, 1.165) is 11.1 Å². The van der Waals surface area contributed by atoms with Crippen molar-refractivity contribution in [3.05, 3.63) is 68.7 Å². The molecule has 0 saturated carbocycles. The first-order valence-corrected chi connectivity index (χ1v) is 10.9. The summed E-state index contributed by atoms with van der Waals surface area (Å²) >= 11 is 19.6. The third kappa shape index (κ3) is 6.59. The van der Waals surface area contributed by atoms with Gasteiger partial charge < -0.3 is 10.2 Å².